The summed E-state index contributed by atoms with van der Waals surface area (Å²) < 4.78 is 0. The molecular formula is C18H25ClN2O2. The second-order valence-corrected chi connectivity index (χ2v) is 7.05. The lowest BCUT2D eigenvalue weighted by molar-refractivity contribution is -0.137. The number of hydrogen-bond acceptors (Lipinski definition) is 3. The molecule has 3 rings (SSSR count). The monoisotopic (exact) mass is 336 g/mol. The summed E-state index contributed by atoms with van der Waals surface area (Å²) in [6.07, 6.45) is 3.93. The summed E-state index contributed by atoms with van der Waals surface area (Å²) in [6.45, 7) is 3.74. The number of β-amino-alcohol motifs (C(OH)–C–C–N with tert-alkyl or cyclic N) is 1. The van der Waals surface area contributed by atoms with Crippen LogP contribution < -0.4 is 0 Å². The highest BCUT2D eigenvalue weighted by atomic mass is 35.5. The Morgan fingerprint density at radius 2 is 1.83 bits per heavy atom. The van der Waals surface area contributed by atoms with E-state index in [1.807, 2.05) is 23.1 Å². The molecule has 0 radical (unpaired) electrons. The van der Waals surface area contributed by atoms with Gasteiger partial charge in [0.2, 0.25) is 5.91 Å². The summed E-state index contributed by atoms with van der Waals surface area (Å²) in [4.78, 5) is 16.7. The topological polar surface area (TPSA) is 43.8 Å². The van der Waals surface area contributed by atoms with Crippen LogP contribution in [0.15, 0.2) is 24.3 Å². The molecule has 1 heterocycles. The quantitative estimate of drug-likeness (QED) is 0.919. The molecule has 23 heavy (non-hydrogen) atoms. The zero-order valence-corrected chi connectivity index (χ0v) is 14.2. The second kappa shape index (κ2) is 7.65. The predicted molar refractivity (Wildman–Crippen MR) is 91.4 cm³/mol. The van der Waals surface area contributed by atoms with Gasteiger partial charge in [0.1, 0.15) is 0 Å². The van der Waals surface area contributed by atoms with Crippen molar-refractivity contribution < 1.29 is 9.90 Å². The molecule has 1 saturated heterocycles. The lowest BCUT2D eigenvalue weighted by Crippen LogP contribution is -2.50. The molecule has 1 N–H and O–H groups in total. The highest BCUT2D eigenvalue weighted by Gasteiger charge is 2.29. The number of rotatable bonds is 4. The van der Waals surface area contributed by atoms with E-state index in [4.69, 9.17) is 11.6 Å². The maximum Gasteiger partial charge on any atom is 0.225 e. The van der Waals surface area contributed by atoms with Gasteiger partial charge >= 0.3 is 0 Å². The van der Waals surface area contributed by atoms with E-state index < -0.39 is 6.10 Å². The minimum absolute atomic E-state index is 0.260. The maximum atomic E-state index is 12.4. The molecule has 0 aromatic heterocycles. The first kappa shape index (κ1) is 16.7. The third kappa shape index (κ3) is 4.06. The Labute approximate surface area is 143 Å². The Morgan fingerprint density at radius 1 is 1.17 bits per heavy atom. The van der Waals surface area contributed by atoms with E-state index >= 15 is 0 Å². The average Bonchev–Trinajstić information content (AvgIpc) is 3.09. The Hall–Kier alpha value is -1.10. The van der Waals surface area contributed by atoms with Crippen molar-refractivity contribution in [1.82, 2.24) is 9.80 Å². The smallest absolute Gasteiger partial charge is 0.225 e. The number of benzene rings is 1. The fourth-order valence-corrected chi connectivity index (χ4v) is 3.93. The van der Waals surface area contributed by atoms with E-state index in [1.54, 1.807) is 6.07 Å². The Balaban J connectivity index is 1.49. The molecule has 2 aliphatic rings. The lowest BCUT2D eigenvalue weighted by Gasteiger charge is -2.36. The standard InChI is InChI=1S/C18H25ClN2O2/c19-16-8-4-3-7-15(16)17(22)13-20-9-11-21(12-10-20)18(23)14-5-1-2-6-14/h3-4,7-8,14,17,22H,1-2,5-6,9-13H2/t17-/m0/s1. The number of nitrogens with zero attached hydrogens (tertiary/aromatic N) is 2. The summed E-state index contributed by atoms with van der Waals surface area (Å²) in [5, 5.41) is 11.0. The van der Waals surface area contributed by atoms with Crippen LogP contribution >= 0.6 is 11.6 Å². The normalized spacial score (nSPS) is 21.6. The number of aliphatic hydroxyl groups is 1. The largest absolute Gasteiger partial charge is 0.387 e. The molecule has 2 fully saturated rings. The van der Waals surface area contributed by atoms with Crippen molar-refractivity contribution in [2.75, 3.05) is 32.7 Å². The molecule has 0 unspecified atom stereocenters. The van der Waals surface area contributed by atoms with E-state index in [-0.39, 0.29) is 5.92 Å². The van der Waals surface area contributed by atoms with Gasteiger partial charge in [0, 0.05) is 49.2 Å². The Kier molecular flexibility index (Phi) is 5.57. The van der Waals surface area contributed by atoms with Gasteiger partial charge in [-0.1, -0.05) is 42.6 Å². The fourth-order valence-electron chi connectivity index (χ4n) is 3.67. The average molecular weight is 337 g/mol. The first-order valence-corrected chi connectivity index (χ1v) is 8.96. The molecule has 1 aromatic carbocycles. The van der Waals surface area contributed by atoms with Crippen molar-refractivity contribution in [3.8, 4) is 0 Å². The number of halogens is 1. The molecule has 4 nitrogen and oxygen atoms in total. The van der Waals surface area contributed by atoms with E-state index in [0.717, 1.165) is 44.6 Å². The molecule has 0 bridgehead atoms. The minimum atomic E-state index is -0.583. The second-order valence-electron chi connectivity index (χ2n) is 6.64. The molecule has 1 aromatic rings. The molecule has 1 atom stereocenters. The SMILES string of the molecule is O=C(C1CCCC1)N1CCN(C[C@H](O)c2ccccc2Cl)CC1. The first-order chi connectivity index (χ1) is 11.1. The van der Waals surface area contributed by atoms with E-state index in [2.05, 4.69) is 4.90 Å². The van der Waals surface area contributed by atoms with Crippen molar-refractivity contribution in [2.24, 2.45) is 5.92 Å². The van der Waals surface area contributed by atoms with Crippen molar-refractivity contribution in [2.45, 2.75) is 31.8 Å². The van der Waals surface area contributed by atoms with Crippen LogP contribution in [0.5, 0.6) is 0 Å². The predicted octanol–water partition coefficient (Wildman–Crippen LogP) is 2.71. The van der Waals surface area contributed by atoms with Crippen LogP contribution in [-0.4, -0.2) is 53.5 Å². The van der Waals surface area contributed by atoms with Crippen LogP contribution in [0.2, 0.25) is 5.02 Å². The third-order valence-corrected chi connectivity index (χ3v) is 5.43. The summed E-state index contributed by atoms with van der Waals surface area (Å²) in [5.74, 6) is 0.601. The van der Waals surface area contributed by atoms with Crippen LogP contribution in [0.1, 0.15) is 37.4 Å². The number of carbonyl (C=O) groups excluding carboxylic acids is 1. The summed E-state index contributed by atoms with van der Waals surface area (Å²) >= 11 is 6.14. The zero-order valence-electron chi connectivity index (χ0n) is 13.5. The summed E-state index contributed by atoms with van der Waals surface area (Å²) in [7, 11) is 0. The molecular weight excluding hydrogens is 312 g/mol. The first-order valence-electron chi connectivity index (χ1n) is 8.59. The van der Waals surface area contributed by atoms with Gasteiger partial charge in [-0.25, -0.2) is 0 Å². The lowest BCUT2D eigenvalue weighted by atomic mass is 10.1. The summed E-state index contributed by atoms with van der Waals surface area (Å²) in [6, 6.07) is 7.43. The highest BCUT2D eigenvalue weighted by molar-refractivity contribution is 6.31. The van der Waals surface area contributed by atoms with Crippen LogP contribution in [0, 0.1) is 5.92 Å². The van der Waals surface area contributed by atoms with Crippen LogP contribution in [0.3, 0.4) is 0 Å². The van der Waals surface area contributed by atoms with Crippen molar-refractivity contribution in [3.63, 3.8) is 0 Å². The fraction of sp³-hybridized carbons (Fsp3) is 0.611. The van der Waals surface area contributed by atoms with Gasteiger partial charge in [-0.05, 0) is 18.9 Å². The van der Waals surface area contributed by atoms with Crippen LogP contribution in [0.25, 0.3) is 0 Å². The van der Waals surface area contributed by atoms with Gasteiger partial charge < -0.3 is 10.0 Å². The Morgan fingerprint density at radius 3 is 2.48 bits per heavy atom. The number of hydrogen-bond donors (Lipinski definition) is 1. The highest BCUT2D eigenvalue weighted by Crippen LogP contribution is 2.27. The molecule has 0 spiro atoms. The van der Waals surface area contributed by atoms with E-state index in [1.165, 1.54) is 12.8 Å². The van der Waals surface area contributed by atoms with Gasteiger partial charge in [-0.3, -0.25) is 9.69 Å². The number of carbonyl (C=O) groups is 1. The van der Waals surface area contributed by atoms with E-state index in [9.17, 15) is 9.90 Å². The number of piperazine rings is 1. The van der Waals surface area contributed by atoms with Gasteiger partial charge in [-0.2, -0.15) is 0 Å². The molecule has 5 heteroatoms. The van der Waals surface area contributed by atoms with Crippen molar-refractivity contribution in [1.29, 1.82) is 0 Å². The maximum absolute atomic E-state index is 12.4. The van der Waals surface area contributed by atoms with Gasteiger partial charge in [0.25, 0.3) is 0 Å². The molecule has 1 aliphatic carbocycles. The molecule has 1 saturated carbocycles. The number of amides is 1. The van der Waals surface area contributed by atoms with E-state index in [0.29, 0.717) is 17.5 Å². The van der Waals surface area contributed by atoms with Gasteiger partial charge in [-0.15, -0.1) is 0 Å². The Bertz CT molecular complexity index is 538. The van der Waals surface area contributed by atoms with Gasteiger partial charge in [0.15, 0.2) is 0 Å². The molecule has 1 amide bonds. The van der Waals surface area contributed by atoms with Crippen molar-refractivity contribution >= 4 is 17.5 Å². The third-order valence-electron chi connectivity index (χ3n) is 5.08. The van der Waals surface area contributed by atoms with Crippen molar-refractivity contribution in [3.05, 3.63) is 34.9 Å². The van der Waals surface area contributed by atoms with Crippen LogP contribution in [0.4, 0.5) is 0 Å². The van der Waals surface area contributed by atoms with Gasteiger partial charge in [0.05, 0.1) is 6.10 Å². The molecule has 1 aliphatic heterocycles. The minimum Gasteiger partial charge on any atom is -0.387 e. The zero-order chi connectivity index (χ0) is 16.2. The summed E-state index contributed by atoms with van der Waals surface area (Å²) in [5.41, 5.74) is 0.777. The van der Waals surface area contributed by atoms with Crippen LogP contribution in [-0.2, 0) is 4.79 Å². The molecule has 126 valence electrons. The number of aliphatic hydroxyl groups excluding tert-OH is 1.